The molecule has 1 aromatic carbocycles. The molecule has 0 radical (unpaired) electrons. The number of halogens is 3. The van der Waals surface area contributed by atoms with Gasteiger partial charge in [0.25, 0.3) is 0 Å². The molecule has 0 bridgehead atoms. The number of pyridine rings is 1. The van der Waals surface area contributed by atoms with Crippen molar-refractivity contribution < 1.29 is 18.0 Å². The average Bonchev–Trinajstić information content (AvgIpc) is 2.97. The van der Waals surface area contributed by atoms with Crippen molar-refractivity contribution in [2.24, 2.45) is 7.05 Å². The van der Waals surface area contributed by atoms with Crippen LogP contribution in [0.4, 0.5) is 23.7 Å². The molecule has 0 unspecified atom stereocenters. The van der Waals surface area contributed by atoms with Crippen LogP contribution in [-0.2, 0) is 19.8 Å². The second-order valence-electron chi connectivity index (χ2n) is 6.03. The number of anilines is 1. The summed E-state index contributed by atoms with van der Waals surface area (Å²) in [7, 11) is 1.55. The first-order valence-corrected chi connectivity index (χ1v) is 8.53. The summed E-state index contributed by atoms with van der Waals surface area (Å²) in [6.07, 6.45) is -3.02. The van der Waals surface area contributed by atoms with Crippen LogP contribution in [0.25, 0.3) is 11.5 Å². The summed E-state index contributed by atoms with van der Waals surface area (Å²) in [6, 6.07) is 9.03. The Morgan fingerprint density at radius 3 is 2.55 bits per heavy atom. The van der Waals surface area contributed by atoms with Gasteiger partial charge in [-0.25, -0.2) is 14.3 Å². The van der Waals surface area contributed by atoms with Gasteiger partial charge in [0.15, 0.2) is 5.82 Å². The van der Waals surface area contributed by atoms with E-state index < -0.39 is 23.5 Å². The molecule has 0 aliphatic carbocycles. The van der Waals surface area contributed by atoms with E-state index in [4.69, 9.17) is 0 Å². The van der Waals surface area contributed by atoms with Gasteiger partial charge in [-0.15, -0.1) is 5.10 Å². The lowest BCUT2D eigenvalue weighted by Crippen LogP contribution is -2.34. The molecule has 3 rings (SSSR count). The van der Waals surface area contributed by atoms with Crippen molar-refractivity contribution in [2.75, 3.05) is 11.9 Å². The van der Waals surface area contributed by atoms with Gasteiger partial charge in [-0.2, -0.15) is 13.2 Å². The Balaban J connectivity index is 1.63. The van der Waals surface area contributed by atoms with Gasteiger partial charge >= 0.3 is 17.9 Å². The minimum absolute atomic E-state index is 0.0153. The predicted molar refractivity (Wildman–Crippen MR) is 99.2 cm³/mol. The van der Waals surface area contributed by atoms with E-state index in [1.165, 1.54) is 16.7 Å². The third kappa shape index (κ3) is 4.62. The van der Waals surface area contributed by atoms with Gasteiger partial charge < -0.3 is 10.6 Å². The maximum absolute atomic E-state index is 13.0. The number of aromatic nitrogens is 4. The van der Waals surface area contributed by atoms with Gasteiger partial charge in [-0.1, -0.05) is 18.2 Å². The Bertz CT molecular complexity index is 1060. The van der Waals surface area contributed by atoms with Crippen molar-refractivity contribution in [1.29, 1.82) is 0 Å². The molecule has 2 heterocycles. The highest BCUT2D eigenvalue weighted by Gasteiger charge is 2.33. The number of hydrogen-bond donors (Lipinski definition) is 2. The van der Waals surface area contributed by atoms with Gasteiger partial charge in [0.05, 0.1) is 17.8 Å². The van der Waals surface area contributed by atoms with Gasteiger partial charge in [0.1, 0.15) is 5.69 Å². The number of carbonyl (C=O) groups excluding carboxylic acids is 1. The maximum Gasteiger partial charge on any atom is 0.418 e. The molecule has 0 aliphatic rings. The van der Waals surface area contributed by atoms with Crippen LogP contribution in [0.1, 0.15) is 5.56 Å². The highest BCUT2D eigenvalue weighted by molar-refractivity contribution is 5.90. The molecular formula is C18H17F3N6O2. The van der Waals surface area contributed by atoms with E-state index in [1.807, 2.05) is 0 Å². The molecule has 0 atom stereocenters. The van der Waals surface area contributed by atoms with E-state index >= 15 is 0 Å². The molecule has 0 saturated carbocycles. The highest BCUT2D eigenvalue weighted by atomic mass is 19.4. The summed E-state index contributed by atoms with van der Waals surface area (Å²) in [6.45, 7) is 0.0203. The summed E-state index contributed by atoms with van der Waals surface area (Å²) in [5.74, 6) is 0.360. The maximum atomic E-state index is 13.0. The number of nitrogens with zero attached hydrogens (tertiary/aromatic N) is 4. The fraction of sp³-hybridized carbons (Fsp3) is 0.222. The van der Waals surface area contributed by atoms with Crippen LogP contribution in [-0.4, -0.2) is 31.9 Å². The molecule has 0 fully saturated rings. The third-order valence-corrected chi connectivity index (χ3v) is 4.02. The SMILES string of the molecule is Cn1c(-c2ccccn2)nn(CCNC(=O)Nc2ccccc2C(F)(F)F)c1=O. The lowest BCUT2D eigenvalue weighted by atomic mass is 10.1. The summed E-state index contributed by atoms with van der Waals surface area (Å²) in [5.41, 5.74) is -1.20. The molecule has 8 nitrogen and oxygen atoms in total. The van der Waals surface area contributed by atoms with Crippen LogP contribution in [0.3, 0.4) is 0 Å². The molecule has 0 aliphatic heterocycles. The summed E-state index contributed by atoms with van der Waals surface area (Å²) in [5, 5.41) is 8.77. The Morgan fingerprint density at radius 1 is 1.14 bits per heavy atom. The zero-order valence-corrected chi connectivity index (χ0v) is 15.3. The number of amides is 2. The second-order valence-corrected chi connectivity index (χ2v) is 6.03. The predicted octanol–water partition coefficient (Wildman–Crippen LogP) is 2.48. The van der Waals surface area contributed by atoms with E-state index in [1.54, 1.807) is 31.4 Å². The zero-order chi connectivity index (χ0) is 21.0. The fourth-order valence-electron chi connectivity index (χ4n) is 2.63. The van der Waals surface area contributed by atoms with E-state index in [0.29, 0.717) is 11.5 Å². The number of nitrogens with one attached hydrogen (secondary N) is 2. The van der Waals surface area contributed by atoms with Crippen molar-refractivity contribution in [1.82, 2.24) is 24.6 Å². The standard InChI is InChI=1S/C18H17F3N6O2/c1-26-15(14-8-4-5-9-22-14)25-27(17(26)29)11-10-23-16(28)24-13-7-3-2-6-12(13)18(19,20)21/h2-9H,10-11H2,1H3,(H2,23,24,28). The van der Waals surface area contributed by atoms with Crippen LogP contribution in [0, 0.1) is 0 Å². The normalized spacial score (nSPS) is 11.3. The number of rotatable bonds is 5. The van der Waals surface area contributed by atoms with Crippen molar-refractivity contribution in [3.8, 4) is 11.5 Å². The summed E-state index contributed by atoms with van der Waals surface area (Å²) >= 11 is 0. The van der Waals surface area contributed by atoms with Gasteiger partial charge in [-0.05, 0) is 24.3 Å². The minimum atomic E-state index is -4.59. The molecule has 2 N–H and O–H groups in total. The number of benzene rings is 1. The van der Waals surface area contributed by atoms with Crippen molar-refractivity contribution in [3.63, 3.8) is 0 Å². The molecule has 3 aromatic rings. The smallest absolute Gasteiger partial charge is 0.336 e. The first-order chi connectivity index (χ1) is 13.8. The molecule has 29 heavy (non-hydrogen) atoms. The third-order valence-electron chi connectivity index (χ3n) is 4.02. The number of hydrogen-bond acceptors (Lipinski definition) is 4. The molecule has 0 saturated heterocycles. The molecule has 11 heteroatoms. The van der Waals surface area contributed by atoms with Crippen LogP contribution >= 0.6 is 0 Å². The highest BCUT2D eigenvalue weighted by Crippen LogP contribution is 2.34. The first kappa shape index (κ1) is 20.1. The van der Waals surface area contributed by atoms with Gasteiger partial charge in [0.2, 0.25) is 0 Å². The fourth-order valence-corrected chi connectivity index (χ4v) is 2.63. The van der Waals surface area contributed by atoms with Crippen LogP contribution in [0.2, 0.25) is 0 Å². The van der Waals surface area contributed by atoms with Gasteiger partial charge in [0, 0.05) is 19.8 Å². The monoisotopic (exact) mass is 406 g/mol. The minimum Gasteiger partial charge on any atom is -0.336 e. The van der Waals surface area contributed by atoms with E-state index in [2.05, 4.69) is 20.7 Å². The van der Waals surface area contributed by atoms with E-state index in [9.17, 15) is 22.8 Å². The van der Waals surface area contributed by atoms with Crippen LogP contribution in [0.15, 0.2) is 53.5 Å². The molecule has 2 aromatic heterocycles. The second kappa shape index (κ2) is 8.17. The number of urea groups is 1. The molecule has 152 valence electrons. The number of alkyl halides is 3. The quantitative estimate of drug-likeness (QED) is 0.681. The largest absolute Gasteiger partial charge is 0.418 e. The van der Waals surface area contributed by atoms with E-state index in [0.717, 1.165) is 16.8 Å². The number of para-hydroxylation sites is 1. The molecule has 0 spiro atoms. The Morgan fingerprint density at radius 2 is 1.86 bits per heavy atom. The molecule has 2 amide bonds. The number of carbonyl (C=O) groups is 1. The van der Waals surface area contributed by atoms with Crippen molar-refractivity contribution >= 4 is 11.7 Å². The Hall–Kier alpha value is -3.63. The Labute approximate surface area is 163 Å². The first-order valence-electron chi connectivity index (χ1n) is 8.53. The van der Waals surface area contributed by atoms with E-state index in [-0.39, 0.29) is 18.8 Å². The lowest BCUT2D eigenvalue weighted by molar-refractivity contribution is -0.136. The van der Waals surface area contributed by atoms with Crippen LogP contribution in [0.5, 0.6) is 0 Å². The lowest BCUT2D eigenvalue weighted by Gasteiger charge is -2.13. The van der Waals surface area contributed by atoms with Crippen molar-refractivity contribution in [2.45, 2.75) is 12.7 Å². The van der Waals surface area contributed by atoms with Gasteiger partial charge in [-0.3, -0.25) is 9.55 Å². The van der Waals surface area contributed by atoms with Crippen molar-refractivity contribution in [3.05, 3.63) is 64.7 Å². The summed E-state index contributed by atoms with van der Waals surface area (Å²) < 4.78 is 41.4. The van der Waals surface area contributed by atoms with Crippen LogP contribution < -0.4 is 16.3 Å². The summed E-state index contributed by atoms with van der Waals surface area (Å²) in [4.78, 5) is 28.4. The Kier molecular flexibility index (Phi) is 5.66. The average molecular weight is 406 g/mol. The zero-order valence-electron chi connectivity index (χ0n) is 15.3. The topological polar surface area (TPSA) is 93.8 Å². The molecular weight excluding hydrogens is 389 g/mol.